The monoisotopic (exact) mass is 401 g/mol. The normalized spacial score (nSPS) is 28.1. The average molecular weight is 401 g/mol. The summed E-state index contributed by atoms with van der Waals surface area (Å²) < 4.78 is 5.13. The first-order valence-corrected chi connectivity index (χ1v) is 8.64. The molecule has 1 fully saturated rings. The van der Waals surface area contributed by atoms with E-state index in [0.717, 1.165) is 0 Å². The van der Waals surface area contributed by atoms with Gasteiger partial charge in [0.2, 0.25) is 5.79 Å². The molecule has 1 amide bonds. The number of aliphatic hydroxyl groups excluding tert-OH is 3. The Labute approximate surface area is 160 Å². The van der Waals surface area contributed by atoms with Gasteiger partial charge in [0.05, 0.1) is 6.61 Å². The van der Waals surface area contributed by atoms with Gasteiger partial charge in [-0.2, -0.15) is 0 Å². The fourth-order valence-electron chi connectivity index (χ4n) is 2.96. The first kappa shape index (κ1) is 22.0. The summed E-state index contributed by atoms with van der Waals surface area (Å²) in [6.07, 6.45) is -4.24. The molecule has 0 unspecified atom stereocenters. The van der Waals surface area contributed by atoms with Gasteiger partial charge in [-0.25, -0.2) is 0 Å². The third kappa shape index (κ3) is 5.38. The molecule has 1 aromatic carbocycles. The maximum absolute atomic E-state index is 12.4. The Balaban J connectivity index is 2.09. The molecule has 156 valence electrons. The number of phenolic OH excluding ortho intramolecular Hbond substituents is 1. The second kappa shape index (κ2) is 9.28. The molecule has 28 heavy (non-hydrogen) atoms. The van der Waals surface area contributed by atoms with Gasteiger partial charge in [-0.15, -0.1) is 0 Å². The van der Waals surface area contributed by atoms with Crippen molar-refractivity contribution < 1.29 is 50.3 Å². The molecule has 9 N–H and O–H groups in total. The highest BCUT2D eigenvalue weighted by molar-refractivity contribution is 5.84. The quantitative estimate of drug-likeness (QED) is 0.203. The van der Waals surface area contributed by atoms with Crippen LogP contribution in [0.3, 0.4) is 0 Å². The Hall–Kier alpha value is -2.28. The molecule has 0 aliphatic carbocycles. The number of nitrogens with one attached hydrogen (secondary N) is 1. The largest absolute Gasteiger partial charge is 0.508 e. The van der Waals surface area contributed by atoms with Crippen LogP contribution in [-0.2, 0) is 20.7 Å². The SMILES string of the molecule is O=C(O)CNC(=O)[C@H](Cc1ccc(O)cc1)[NH2+]C[C@]1(O)O[C@H](CO)[C@@H](O)[C@@H]1O. The van der Waals surface area contributed by atoms with Crippen molar-refractivity contribution in [2.45, 2.75) is 36.6 Å². The third-order valence-electron chi connectivity index (χ3n) is 4.54. The van der Waals surface area contributed by atoms with E-state index in [2.05, 4.69) is 5.32 Å². The van der Waals surface area contributed by atoms with Crippen molar-refractivity contribution >= 4 is 11.9 Å². The van der Waals surface area contributed by atoms with Crippen LogP contribution >= 0.6 is 0 Å². The minimum Gasteiger partial charge on any atom is -0.508 e. The summed E-state index contributed by atoms with van der Waals surface area (Å²) in [5.41, 5.74) is 0.665. The molecule has 11 nitrogen and oxygen atoms in total. The Morgan fingerprint density at radius 2 is 1.89 bits per heavy atom. The molecule has 2 rings (SSSR count). The number of phenols is 1. The highest BCUT2D eigenvalue weighted by Crippen LogP contribution is 2.27. The van der Waals surface area contributed by atoms with Crippen LogP contribution in [0.4, 0.5) is 0 Å². The van der Waals surface area contributed by atoms with Gasteiger partial charge in [-0.05, 0) is 17.7 Å². The molecule has 1 aliphatic heterocycles. The standard InChI is InChI=1S/C17H24N2O9/c20-7-12-14(24)15(25)17(27,28-12)8-19-11(16(26)18-6-13(22)23)5-9-1-3-10(21)4-2-9/h1-4,11-12,14-15,19-21,24-25,27H,5-8H2,(H,18,26)(H,22,23)/p+1/t11-,12+,14+,15-,17-/m0/s1. The first-order chi connectivity index (χ1) is 13.2. The van der Waals surface area contributed by atoms with E-state index in [1.165, 1.54) is 17.4 Å². The number of aliphatic carboxylic acids is 1. The highest BCUT2D eigenvalue weighted by Gasteiger charge is 2.54. The molecule has 11 heteroatoms. The van der Waals surface area contributed by atoms with Crippen LogP contribution in [0, 0.1) is 0 Å². The van der Waals surface area contributed by atoms with E-state index in [4.69, 9.17) is 14.9 Å². The molecule has 0 spiro atoms. The van der Waals surface area contributed by atoms with E-state index in [0.29, 0.717) is 5.56 Å². The van der Waals surface area contributed by atoms with Crippen LogP contribution in [-0.4, -0.2) is 92.4 Å². The summed E-state index contributed by atoms with van der Waals surface area (Å²) in [5, 5.41) is 61.1. The van der Waals surface area contributed by atoms with Gasteiger partial charge in [-0.1, -0.05) is 12.1 Å². The smallest absolute Gasteiger partial charge is 0.322 e. The summed E-state index contributed by atoms with van der Waals surface area (Å²) >= 11 is 0. The lowest BCUT2D eigenvalue weighted by Gasteiger charge is -2.26. The molecule has 1 aromatic rings. The van der Waals surface area contributed by atoms with E-state index < -0.39 is 55.2 Å². The zero-order chi connectivity index (χ0) is 20.9. The second-order valence-corrected chi connectivity index (χ2v) is 6.65. The molecule has 0 radical (unpaired) electrons. The molecule has 1 aliphatic rings. The molecule has 1 saturated heterocycles. The molecule has 1 heterocycles. The van der Waals surface area contributed by atoms with Crippen LogP contribution < -0.4 is 10.6 Å². The van der Waals surface area contributed by atoms with Crippen molar-refractivity contribution in [2.75, 3.05) is 19.7 Å². The number of rotatable bonds is 9. The van der Waals surface area contributed by atoms with Crippen LogP contribution in [0.2, 0.25) is 0 Å². The number of hydrogen-bond acceptors (Lipinski definition) is 8. The van der Waals surface area contributed by atoms with Gasteiger partial charge >= 0.3 is 5.97 Å². The number of carboxylic acid groups (broad SMARTS) is 1. The number of quaternary nitrogens is 1. The number of benzene rings is 1. The summed E-state index contributed by atoms with van der Waals surface area (Å²) in [6.45, 7) is -1.56. The lowest BCUT2D eigenvalue weighted by atomic mass is 10.0. The predicted molar refractivity (Wildman–Crippen MR) is 92.0 cm³/mol. The minimum atomic E-state index is -2.20. The number of carbonyl (C=O) groups excluding carboxylic acids is 1. The van der Waals surface area contributed by atoms with Gasteiger partial charge in [0.25, 0.3) is 5.91 Å². The predicted octanol–water partition coefficient (Wildman–Crippen LogP) is -4.13. The first-order valence-electron chi connectivity index (χ1n) is 8.64. The van der Waals surface area contributed by atoms with Gasteiger partial charge in [0, 0.05) is 6.42 Å². The number of carboxylic acids is 1. The summed E-state index contributed by atoms with van der Waals surface area (Å²) in [6, 6.07) is 5.14. The second-order valence-electron chi connectivity index (χ2n) is 6.65. The summed E-state index contributed by atoms with van der Waals surface area (Å²) in [7, 11) is 0. The number of ether oxygens (including phenoxy) is 1. The van der Waals surface area contributed by atoms with Gasteiger partial charge in [0.1, 0.15) is 37.2 Å². The molecule has 0 aromatic heterocycles. The number of carbonyl (C=O) groups is 2. The Morgan fingerprint density at radius 3 is 2.43 bits per heavy atom. The van der Waals surface area contributed by atoms with E-state index in [9.17, 15) is 30.0 Å². The van der Waals surface area contributed by atoms with E-state index >= 15 is 0 Å². The topological polar surface area (TPSA) is 193 Å². The molecular formula is C17H25N2O9+. The van der Waals surface area contributed by atoms with Gasteiger partial charge in [0.15, 0.2) is 6.04 Å². The van der Waals surface area contributed by atoms with Crippen molar-refractivity contribution in [2.24, 2.45) is 0 Å². The summed E-state index contributed by atoms with van der Waals surface area (Å²) in [5.74, 6) is -4.00. The van der Waals surface area contributed by atoms with Crippen LogP contribution in [0.15, 0.2) is 24.3 Å². The lowest BCUT2D eigenvalue weighted by molar-refractivity contribution is -0.697. The average Bonchev–Trinajstić information content (AvgIpc) is 2.88. The lowest BCUT2D eigenvalue weighted by Crippen LogP contribution is -2.96. The number of aromatic hydroxyl groups is 1. The van der Waals surface area contributed by atoms with Crippen LogP contribution in [0.1, 0.15) is 5.56 Å². The van der Waals surface area contributed by atoms with E-state index in [1.54, 1.807) is 12.1 Å². The number of aliphatic hydroxyl groups is 4. The van der Waals surface area contributed by atoms with Crippen molar-refractivity contribution in [3.63, 3.8) is 0 Å². The Bertz CT molecular complexity index is 684. The molecule has 5 atom stereocenters. The third-order valence-corrected chi connectivity index (χ3v) is 4.54. The fourth-order valence-corrected chi connectivity index (χ4v) is 2.96. The van der Waals surface area contributed by atoms with Crippen molar-refractivity contribution in [3.8, 4) is 5.75 Å². The maximum Gasteiger partial charge on any atom is 0.322 e. The maximum atomic E-state index is 12.4. The number of hydrogen-bond donors (Lipinski definition) is 8. The van der Waals surface area contributed by atoms with Gasteiger partial charge < -0.3 is 46.0 Å². The minimum absolute atomic E-state index is 0.0421. The Kier molecular flexibility index (Phi) is 7.29. The summed E-state index contributed by atoms with van der Waals surface area (Å²) in [4.78, 5) is 23.1. The Morgan fingerprint density at radius 1 is 1.25 bits per heavy atom. The molecule has 0 bridgehead atoms. The van der Waals surface area contributed by atoms with Crippen molar-refractivity contribution in [3.05, 3.63) is 29.8 Å². The van der Waals surface area contributed by atoms with Crippen molar-refractivity contribution in [1.82, 2.24) is 5.32 Å². The van der Waals surface area contributed by atoms with E-state index in [1.807, 2.05) is 0 Å². The van der Waals surface area contributed by atoms with Gasteiger partial charge in [-0.3, -0.25) is 9.59 Å². The van der Waals surface area contributed by atoms with Crippen molar-refractivity contribution in [1.29, 1.82) is 0 Å². The van der Waals surface area contributed by atoms with E-state index in [-0.39, 0.29) is 18.7 Å². The zero-order valence-electron chi connectivity index (χ0n) is 14.9. The highest BCUT2D eigenvalue weighted by atomic mass is 16.7. The van der Waals surface area contributed by atoms with Crippen LogP contribution in [0.5, 0.6) is 5.75 Å². The molecule has 0 saturated carbocycles. The molecular weight excluding hydrogens is 376 g/mol. The zero-order valence-corrected chi connectivity index (χ0v) is 14.9. The number of nitrogens with two attached hydrogens (primary N) is 1. The number of amides is 1. The fraction of sp³-hybridized carbons (Fsp3) is 0.529. The van der Waals surface area contributed by atoms with Crippen LogP contribution in [0.25, 0.3) is 0 Å².